The second-order valence-corrected chi connectivity index (χ2v) is 8.68. The highest BCUT2D eigenvalue weighted by atomic mass is 16.2. The SMILES string of the molecule is Cc1ccccc1C(=O)NC(CC(C)C)C(=O)NCc1ccc2c(c1)CCCN2C. The average Bonchev–Trinajstić information content (AvgIpc) is 2.71. The fourth-order valence-electron chi connectivity index (χ4n) is 4.03. The Balaban J connectivity index is 1.65. The van der Waals surface area contributed by atoms with Crippen LogP contribution in [0.3, 0.4) is 0 Å². The summed E-state index contributed by atoms with van der Waals surface area (Å²) in [6.45, 7) is 7.56. The van der Waals surface area contributed by atoms with Crippen LogP contribution in [0.15, 0.2) is 42.5 Å². The Morgan fingerprint density at radius 3 is 2.63 bits per heavy atom. The van der Waals surface area contributed by atoms with Crippen molar-refractivity contribution < 1.29 is 9.59 Å². The summed E-state index contributed by atoms with van der Waals surface area (Å²) in [5.41, 5.74) is 5.21. The van der Waals surface area contributed by atoms with Gasteiger partial charge in [0, 0.05) is 31.4 Å². The molecule has 1 atom stereocenters. The third-order valence-electron chi connectivity index (χ3n) is 5.68. The highest BCUT2D eigenvalue weighted by molar-refractivity contribution is 5.98. The van der Waals surface area contributed by atoms with E-state index in [1.54, 1.807) is 6.07 Å². The lowest BCUT2D eigenvalue weighted by molar-refractivity contribution is -0.123. The van der Waals surface area contributed by atoms with E-state index in [1.807, 2.05) is 25.1 Å². The Hall–Kier alpha value is -2.82. The van der Waals surface area contributed by atoms with Gasteiger partial charge < -0.3 is 15.5 Å². The number of anilines is 1. The van der Waals surface area contributed by atoms with E-state index in [-0.39, 0.29) is 17.7 Å². The first-order valence-corrected chi connectivity index (χ1v) is 10.8. The maximum absolute atomic E-state index is 12.9. The van der Waals surface area contributed by atoms with Crippen LogP contribution < -0.4 is 15.5 Å². The van der Waals surface area contributed by atoms with Gasteiger partial charge in [0.25, 0.3) is 5.91 Å². The zero-order valence-electron chi connectivity index (χ0n) is 18.5. The molecular weight excluding hydrogens is 374 g/mol. The van der Waals surface area contributed by atoms with Gasteiger partial charge in [0.2, 0.25) is 5.91 Å². The predicted molar refractivity (Wildman–Crippen MR) is 122 cm³/mol. The van der Waals surface area contributed by atoms with E-state index in [2.05, 4.69) is 54.6 Å². The van der Waals surface area contributed by atoms with Gasteiger partial charge in [-0.3, -0.25) is 9.59 Å². The molecule has 0 radical (unpaired) electrons. The molecule has 1 aliphatic heterocycles. The van der Waals surface area contributed by atoms with Gasteiger partial charge in [-0.1, -0.05) is 44.2 Å². The molecule has 2 N–H and O–H groups in total. The number of amides is 2. The van der Waals surface area contributed by atoms with Crippen molar-refractivity contribution in [2.24, 2.45) is 5.92 Å². The molecule has 30 heavy (non-hydrogen) atoms. The number of fused-ring (bicyclic) bond motifs is 1. The van der Waals surface area contributed by atoms with E-state index in [4.69, 9.17) is 0 Å². The van der Waals surface area contributed by atoms with E-state index in [9.17, 15) is 9.59 Å². The standard InChI is InChI=1S/C25H33N3O2/c1-17(2)14-22(27-24(29)21-10-6-5-8-18(21)3)25(30)26-16-19-11-12-23-20(15-19)9-7-13-28(23)4/h5-6,8,10-12,15,17,22H,7,9,13-14,16H2,1-4H3,(H,26,30)(H,27,29). The molecule has 0 saturated heterocycles. The van der Waals surface area contributed by atoms with E-state index >= 15 is 0 Å². The largest absolute Gasteiger partial charge is 0.374 e. The zero-order valence-corrected chi connectivity index (χ0v) is 18.5. The zero-order chi connectivity index (χ0) is 21.7. The number of rotatable bonds is 7. The molecule has 0 fully saturated rings. The molecule has 2 aromatic carbocycles. The summed E-state index contributed by atoms with van der Waals surface area (Å²) in [4.78, 5) is 27.9. The van der Waals surface area contributed by atoms with Crippen LogP contribution in [-0.2, 0) is 17.8 Å². The van der Waals surface area contributed by atoms with Gasteiger partial charge in [0.1, 0.15) is 6.04 Å². The summed E-state index contributed by atoms with van der Waals surface area (Å²) in [6.07, 6.45) is 2.82. The first-order chi connectivity index (χ1) is 14.3. The fraction of sp³-hybridized carbons (Fsp3) is 0.440. The lowest BCUT2D eigenvalue weighted by Crippen LogP contribution is -2.47. The van der Waals surface area contributed by atoms with Crippen molar-refractivity contribution in [3.63, 3.8) is 0 Å². The second-order valence-electron chi connectivity index (χ2n) is 8.68. The van der Waals surface area contributed by atoms with Crippen molar-refractivity contribution in [2.75, 3.05) is 18.5 Å². The number of aryl methyl sites for hydroxylation is 2. The van der Waals surface area contributed by atoms with E-state index in [0.29, 0.717) is 18.5 Å². The van der Waals surface area contributed by atoms with Crippen LogP contribution in [0.4, 0.5) is 5.69 Å². The summed E-state index contributed by atoms with van der Waals surface area (Å²) < 4.78 is 0. The van der Waals surface area contributed by atoms with Crippen LogP contribution in [0.5, 0.6) is 0 Å². The third-order valence-corrected chi connectivity index (χ3v) is 5.68. The number of carbonyl (C=O) groups excluding carboxylic acids is 2. The summed E-state index contributed by atoms with van der Waals surface area (Å²) in [5, 5.41) is 5.97. The molecule has 3 rings (SSSR count). The molecule has 0 aliphatic carbocycles. The van der Waals surface area contributed by atoms with E-state index in [1.165, 1.54) is 11.3 Å². The van der Waals surface area contributed by atoms with Crippen LogP contribution in [0.2, 0.25) is 0 Å². The van der Waals surface area contributed by atoms with Crippen LogP contribution in [0.1, 0.15) is 53.7 Å². The molecule has 160 valence electrons. The van der Waals surface area contributed by atoms with Crippen LogP contribution in [0.25, 0.3) is 0 Å². The molecule has 0 saturated carbocycles. The first kappa shape index (κ1) is 21.9. The maximum atomic E-state index is 12.9. The van der Waals surface area contributed by atoms with Gasteiger partial charge in [-0.05, 0) is 60.9 Å². The van der Waals surface area contributed by atoms with Crippen molar-refractivity contribution in [3.05, 3.63) is 64.7 Å². The van der Waals surface area contributed by atoms with Gasteiger partial charge in [0.15, 0.2) is 0 Å². The molecule has 2 amide bonds. The number of benzene rings is 2. The maximum Gasteiger partial charge on any atom is 0.252 e. The van der Waals surface area contributed by atoms with E-state index < -0.39 is 6.04 Å². The molecule has 0 bridgehead atoms. The Morgan fingerprint density at radius 2 is 1.90 bits per heavy atom. The number of nitrogens with one attached hydrogen (secondary N) is 2. The number of carbonyl (C=O) groups is 2. The molecule has 1 heterocycles. The molecular formula is C25H33N3O2. The normalized spacial score (nSPS) is 14.2. The van der Waals surface area contributed by atoms with Crippen molar-refractivity contribution in [2.45, 2.75) is 52.6 Å². The molecule has 2 aromatic rings. The molecule has 5 heteroatoms. The van der Waals surface area contributed by atoms with Crippen LogP contribution in [0, 0.1) is 12.8 Å². The minimum Gasteiger partial charge on any atom is -0.374 e. The lowest BCUT2D eigenvalue weighted by atomic mass is 9.99. The molecule has 0 aromatic heterocycles. The Kier molecular flexibility index (Phi) is 7.14. The minimum atomic E-state index is -0.555. The van der Waals surface area contributed by atoms with Crippen molar-refractivity contribution in [1.82, 2.24) is 10.6 Å². The van der Waals surface area contributed by atoms with Gasteiger partial charge in [0.05, 0.1) is 0 Å². The number of hydrogen-bond acceptors (Lipinski definition) is 3. The third kappa shape index (κ3) is 5.41. The fourth-order valence-corrected chi connectivity index (χ4v) is 4.03. The number of nitrogens with zero attached hydrogens (tertiary/aromatic N) is 1. The second kappa shape index (κ2) is 9.79. The summed E-state index contributed by atoms with van der Waals surface area (Å²) in [7, 11) is 2.12. The number of hydrogen-bond donors (Lipinski definition) is 2. The van der Waals surface area contributed by atoms with Gasteiger partial charge in [-0.15, -0.1) is 0 Å². The highest BCUT2D eigenvalue weighted by Gasteiger charge is 2.23. The van der Waals surface area contributed by atoms with Gasteiger partial charge in [-0.25, -0.2) is 0 Å². The average molecular weight is 408 g/mol. The Morgan fingerprint density at radius 1 is 1.13 bits per heavy atom. The van der Waals surface area contributed by atoms with Crippen molar-refractivity contribution in [1.29, 1.82) is 0 Å². The molecule has 1 unspecified atom stereocenters. The summed E-state index contributed by atoms with van der Waals surface area (Å²) in [5.74, 6) is -0.0524. The quantitative estimate of drug-likeness (QED) is 0.733. The molecule has 5 nitrogen and oxygen atoms in total. The first-order valence-electron chi connectivity index (χ1n) is 10.8. The van der Waals surface area contributed by atoms with Crippen molar-refractivity contribution in [3.8, 4) is 0 Å². The van der Waals surface area contributed by atoms with Crippen molar-refractivity contribution >= 4 is 17.5 Å². The van der Waals surface area contributed by atoms with Gasteiger partial charge in [-0.2, -0.15) is 0 Å². The summed E-state index contributed by atoms with van der Waals surface area (Å²) in [6, 6.07) is 13.3. The van der Waals surface area contributed by atoms with Crippen LogP contribution >= 0.6 is 0 Å². The van der Waals surface area contributed by atoms with E-state index in [0.717, 1.165) is 30.5 Å². The predicted octanol–water partition coefficient (Wildman–Crippen LogP) is 3.84. The smallest absolute Gasteiger partial charge is 0.252 e. The Bertz CT molecular complexity index is 907. The monoisotopic (exact) mass is 407 g/mol. The molecule has 0 spiro atoms. The lowest BCUT2D eigenvalue weighted by Gasteiger charge is -2.28. The van der Waals surface area contributed by atoms with Crippen LogP contribution in [-0.4, -0.2) is 31.4 Å². The molecule has 1 aliphatic rings. The van der Waals surface area contributed by atoms with Gasteiger partial charge >= 0.3 is 0 Å². The Labute approximate surface area is 179 Å². The topological polar surface area (TPSA) is 61.4 Å². The highest BCUT2D eigenvalue weighted by Crippen LogP contribution is 2.26. The minimum absolute atomic E-state index is 0.138. The summed E-state index contributed by atoms with van der Waals surface area (Å²) >= 11 is 0.